The monoisotopic (exact) mass is 281 g/mol. The van der Waals surface area contributed by atoms with Crippen LogP contribution in [0, 0.1) is 12.3 Å². The molecule has 1 aliphatic carbocycles. The van der Waals surface area contributed by atoms with Crippen molar-refractivity contribution in [3.8, 4) is 0 Å². The van der Waals surface area contributed by atoms with E-state index in [0.717, 1.165) is 23.8 Å². The van der Waals surface area contributed by atoms with Crippen LogP contribution in [-0.2, 0) is 0 Å². The summed E-state index contributed by atoms with van der Waals surface area (Å²) in [5.74, 6) is 0. The maximum Gasteiger partial charge on any atom is 0.251 e. The second kappa shape index (κ2) is 5.67. The third-order valence-electron chi connectivity index (χ3n) is 3.82. The average molecular weight is 281 g/mol. The van der Waals surface area contributed by atoms with Gasteiger partial charge in [0.1, 0.15) is 0 Å². The van der Waals surface area contributed by atoms with Crippen molar-refractivity contribution < 1.29 is 0 Å². The van der Waals surface area contributed by atoms with E-state index >= 15 is 0 Å². The summed E-state index contributed by atoms with van der Waals surface area (Å²) in [6.45, 7) is 9.60. The average Bonchev–Trinajstić information content (AvgIpc) is 2.55. The molecule has 0 radical (unpaired) electrons. The zero-order valence-electron chi connectivity index (χ0n) is 12.1. The highest BCUT2D eigenvalue weighted by atomic mass is 32.2. The Bertz CT molecular complexity index is 498. The van der Waals surface area contributed by atoms with E-state index in [2.05, 4.69) is 36.1 Å². The van der Waals surface area contributed by atoms with Crippen molar-refractivity contribution in [3.63, 3.8) is 0 Å². The van der Waals surface area contributed by atoms with Crippen molar-refractivity contribution in [1.29, 1.82) is 0 Å². The summed E-state index contributed by atoms with van der Waals surface area (Å²) in [6, 6.07) is 2.00. The van der Waals surface area contributed by atoms with Crippen LogP contribution >= 0.6 is 11.8 Å². The van der Waals surface area contributed by atoms with E-state index in [1.54, 1.807) is 11.8 Å². The Kier molecular flexibility index (Phi) is 4.36. The van der Waals surface area contributed by atoms with Crippen molar-refractivity contribution >= 4 is 11.8 Å². The van der Waals surface area contributed by atoms with Crippen LogP contribution in [0.25, 0.3) is 0 Å². The molecule has 0 aliphatic heterocycles. The van der Waals surface area contributed by atoms with E-state index in [1.807, 2.05) is 6.92 Å². The van der Waals surface area contributed by atoms with E-state index in [0.29, 0.717) is 16.7 Å². The second-order valence-corrected chi connectivity index (χ2v) is 7.14. The van der Waals surface area contributed by atoms with E-state index in [1.165, 1.54) is 12.5 Å². The molecule has 1 aromatic heterocycles. The van der Waals surface area contributed by atoms with Gasteiger partial charge in [0, 0.05) is 23.1 Å². The minimum atomic E-state index is -0.0627. The first kappa shape index (κ1) is 14.6. The SMILES string of the molecule is CCNC1C(Sc2nc(C)cc(=O)[nH]2)CCC1(C)C. The zero-order chi connectivity index (χ0) is 14.0. The molecule has 106 valence electrons. The molecule has 0 bridgehead atoms. The van der Waals surface area contributed by atoms with E-state index in [-0.39, 0.29) is 5.56 Å². The predicted octanol–water partition coefficient (Wildman–Crippen LogP) is 2.34. The number of rotatable bonds is 4. The van der Waals surface area contributed by atoms with Crippen molar-refractivity contribution in [1.82, 2.24) is 15.3 Å². The molecular formula is C14H23N3OS. The van der Waals surface area contributed by atoms with Gasteiger partial charge in [-0.25, -0.2) is 4.98 Å². The highest BCUT2D eigenvalue weighted by Crippen LogP contribution is 2.44. The summed E-state index contributed by atoms with van der Waals surface area (Å²) in [5, 5.41) is 4.81. The number of hydrogen-bond donors (Lipinski definition) is 2. The fourth-order valence-corrected chi connectivity index (χ4v) is 4.32. The van der Waals surface area contributed by atoms with Crippen molar-refractivity contribution in [3.05, 3.63) is 22.1 Å². The summed E-state index contributed by atoms with van der Waals surface area (Å²) in [7, 11) is 0. The fourth-order valence-electron chi connectivity index (χ4n) is 2.85. The van der Waals surface area contributed by atoms with Gasteiger partial charge in [0.05, 0.1) is 0 Å². The Balaban J connectivity index is 2.16. The Labute approximate surface area is 118 Å². The summed E-state index contributed by atoms with van der Waals surface area (Å²) < 4.78 is 0. The summed E-state index contributed by atoms with van der Waals surface area (Å²) in [5.41, 5.74) is 1.02. The summed E-state index contributed by atoms with van der Waals surface area (Å²) in [6.07, 6.45) is 2.37. The Hall–Kier alpha value is -0.810. The van der Waals surface area contributed by atoms with Gasteiger partial charge in [0.15, 0.2) is 5.16 Å². The molecule has 2 atom stereocenters. The minimum absolute atomic E-state index is 0.0627. The molecule has 2 rings (SSSR count). The molecule has 0 aromatic carbocycles. The van der Waals surface area contributed by atoms with Crippen LogP contribution in [0.1, 0.15) is 39.3 Å². The van der Waals surface area contributed by atoms with E-state index in [4.69, 9.17) is 0 Å². The molecule has 4 nitrogen and oxygen atoms in total. The smallest absolute Gasteiger partial charge is 0.251 e. The van der Waals surface area contributed by atoms with Crippen LogP contribution in [-0.4, -0.2) is 27.8 Å². The molecule has 0 saturated heterocycles. The number of aromatic nitrogens is 2. The number of nitrogens with one attached hydrogen (secondary N) is 2. The van der Waals surface area contributed by atoms with Gasteiger partial charge in [-0.05, 0) is 31.7 Å². The maximum absolute atomic E-state index is 11.5. The predicted molar refractivity (Wildman–Crippen MR) is 79.7 cm³/mol. The molecule has 1 saturated carbocycles. The van der Waals surface area contributed by atoms with E-state index in [9.17, 15) is 4.79 Å². The van der Waals surface area contributed by atoms with Crippen molar-refractivity contribution in [2.45, 2.75) is 57.0 Å². The molecule has 0 spiro atoms. The lowest BCUT2D eigenvalue weighted by Crippen LogP contribution is -2.43. The van der Waals surface area contributed by atoms with Crippen molar-refractivity contribution in [2.24, 2.45) is 5.41 Å². The van der Waals surface area contributed by atoms with Gasteiger partial charge in [-0.3, -0.25) is 4.79 Å². The number of nitrogens with zero attached hydrogens (tertiary/aromatic N) is 1. The Morgan fingerprint density at radius 1 is 1.58 bits per heavy atom. The molecule has 2 N–H and O–H groups in total. The van der Waals surface area contributed by atoms with Gasteiger partial charge in [-0.15, -0.1) is 0 Å². The number of aryl methyl sites for hydroxylation is 1. The van der Waals surface area contributed by atoms with Gasteiger partial charge in [0.25, 0.3) is 5.56 Å². The summed E-state index contributed by atoms with van der Waals surface area (Å²) in [4.78, 5) is 18.7. The Morgan fingerprint density at radius 2 is 2.32 bits per heavy atom. The molecule has 1 aliphatic rings. The molecule has 0 amide bonds. The lowest BCUT2D eigenvalue weighted by atomic mass is 9.87. The standard InChI is InChI=1S/C14H23N3OS/c1-5-15-12-10(6-7-14(12,3)4)19-13-16-9(2)8-11(18)17-13/h8,10,12,15H,5-7H2,1-4H3,(H,16,17,18). The normalized spacial score (nSPS) is 25.7. The van der Waals surface area contributed by atoms with Crippen molar-refractivity contribution in [2.75, 3.05) is 6.54 Å². The molecule has 1 aromatic rings. The maximum atomic E-state index is 11.5. The second-order valence-electron chi connectivity index (χ2n) is 5.91. The van der Waals surface area contributed by atoms with Gasteiger partial charge >= 0.3 is 0 Å². The molecule has 1 heterocycles. The first-order chi connectivity index (χ1) is 8.92. The third kappa shape index (κ3) is 3.39. The molecule has 5 heteroatoms. The zero-order valence-corrected chi connectivity index (χ0v) is 12.9. The first-order valence-corrected chi connectivity index (χ1v) is 7.78. The van der Waals surface area contributed by atoms with Crippen LogP contribution in [0.2, 0.25) is 0 Å². The van der Waals surface area contributed by atoms with Gasteiger partial charge in [-0.2, -0.15) is 0 Å². The van der Waals surface area contributed by atoms with Crippen LogP contribution < -0.4 is 10.9 Å². The molecule has 2 unspecified atom stereocenters. The number of aromatic amines is 1. The highest BCUT2D eigenvalue weighted by Gasteiger charge is 2.42. The first-order valence-electron chi connectivity index (χ1n) is 6.90. The Morgan fingerprint density at radius 3 is 2.95 bits per heavy atom. The fraction of sp³-hybridized carbons (Fsp3) is 0.714. The largest absolute Gasteiger partial charge is 0.313 e. The van der Waals surface area contributed by atoms with Crippen LogP contribution in [0.4, 0.5) is 0 Å². The quantitative estimate of drug-likeness (QED) is 0.832. The molecule has 1 fully saturated rings. The lowest BCUT2D eigenvalue weighted by Gasteiger charge is -2.31. The van der Waals surface area contributed by atoms with E-state index < -0.39 is 0 Å². The summed E-state index contributed by atoms with van der Waals surface area (Å²) >= 11 is 1.70. The van der Waals surface area contributed by atoms with Gasteiger partial charge in [0.2, 0.25) is 0 Å². The minimum Gasteiger partial charge on any atom is -0.313 e. The lowest BCUT2D eigenvalue weighted by molar-refractivity contribution is 0.290. The number of hydrogen-bond acceptors (Lipinski definition) is 4. The van der Waals surface area contributed by atoms with Gasteiger partial charge < -0.3 is 10.3 Å². The van der Waals surface area contributed by atoms with Crippen LogP contribution in [0.5, 0.6) is 0 Å². The highest BCUT2D eigenvalue weighted by molar-refractivity contribution is 7.99. The van der Waals surface area contributed by atoms with Gasteiger partial charge in [-0.1, -0.05) is 32.5 Å². The third-order valence-corrected chi connectivity index (χ3v) is 5.05. The number of H-pyrrole nitrogens is 1. The molecular weight excluding hydrogens is 258 g/mol. The van der Waals surface area contributed by atoms with Crippen LogP contribution in [0.3, 0.4) is 0 Å². The topological polar surface area (TPSA) is 57.8 Å². The number of thioether (sulfide) groups is 1. The molecule has 19 heavy (non-hydrogen) atoms. The van der Waals surface area contributed by atoms with Crippen LogP contribution in [0.15, 0.2) is 16.0 Å².